The third kappa shape index (κ3) is 3.98. The van der Waals surface area contributed by atoms with E-state index in [1.807, 2.05) is 17.5 Å². The summed E-state index contributed by atoms with van der Waals surface area (Å²) in [5.41, 5.74) is 2.76. The Morgan fingerprint density at radius 3 is 2.88 bits per heavy atom. The van der Waals surface area contributed by atoms with Gasteiger partial charge in [-0.2, -0.15) is 11.3 Å². The number of aryl methyl sites for hydroxylation is 1. The summed E-state index contributed by atoms with van der Waals surface area (Å²) < 4.78 is 1.07. The van der Waals surface area contributed by atoms with Gasteiger partial charge in [0.2, 0.25) is 5.91 Å². The fourth-order valence-electron chi connectivity index (χ4n) is 2.21. The molecule has 24 heavy (non-hydrogen) atoms. The fourth-order valence-corrected chi connectivity index (χ4v) is 3.79. The van der Waals surface area contributed by atoms with Gasteiger partial charge in [-0.25, -0.2) is 4.98 Å². The zero-order chi connectivity index (χ0) is 16.9. The standard InChI is InChI=1S/C17H17N3O2S2/c1-2-11-3-4-13-14(9-11)24-17(19-13)20-15(21)5-7-18-16(22)12-6-8-23-10-12/h3-4,6,8-10H,2,5,7H2,1H3,(H,18,22)(H,19,20,21). The topological polar surface area (TPSA) is 71.1 Å². The van der Waals surface area contributed by atoms with Crippen LogP contribution in [0.3, 0.4) is 0 Å². The highest BCUT2D eigenvalue weighted by molar-refractivity contribution is 7.22. The molecule has 2 amide bonds. The van der Waals surface area contributed by atoms with E-state index in [4.69, 9.17) is 0 Å². The van der Waals surface area contributed by atoms with E-state index in [1.165, 1.54) is 28.2 Å². The van der Waals surface area contributed by atoms with E-state index in [1.54, 1.807) is 11.4 Å². The highest BCUT2D eigenvalue weighted by Crippen LogP contribution is 2.27. The van der Waals surface area contributed by atoms with Crippen molar-refractivity contribution in [1.29, 1.82) is 0 Å². The average molecular weight is 359 g/mol. The Labute approximate surface area is 147 Å². The number of aromatic nitrogens is 1. The highest BCUT2D eigenvalue weighted by Gasteiger charge is 2.10. The third-order valence-corrected chi connectivity index (χ3v) is 5.15. The van der Waals surface area contributed by atoms with E-state index in [-0.39, 0.29) is 18.2 Å². The van der Waals surface area contributed by atoms with Crippen LogP contribution in [0.1, 0.15) is 29.3 Å². The number of benzene rings is 1. The van der Waals surface area contributed by atoms with Gasteiger partial charge in [0.15, 0.2) is 5.13 Å². The van der Waals surface area contributed by atoms with Crippen LogP contribution >= 0.6 is 22.7 Å². The molecule has 3 aromatic rings. The molecular weight excluding hydrogens is 342 g/mol. The summed E-state index contributed by atoms with van der Waals surface area (Å²) in [6.45, 7) is 2.40. The van der Waals surface area contributed by atoms with Gasteiger partial charge in [0.05, 0.1) is 10.2 Å². The van der Waals surface area contributed by atoms with Crippen molar-refractivity contribution in [3.8, 4) is 0 Å². The molecule has 0 saturated heterocycles. The molecule has 0 spiro atoms. The number of fused-ring (bicyclic) bond motifs is 1. The quantitative estimate of drug-likeness (QED) is 0.705. The third-order valence-electron chi connectivity index (χ3n) is 3.53. The number of thiophene rings is 1. The first-order valence-corrected chi connectivity index (χ1v) is 9.41. The maximum Gasteiger partial charge on any atom is 0.252 e. The molecule has 2 N–H and O–H groups in total. The lowest BCUT2D eigenvalue weighted by Gasteiger charge is -2.03. The molecule has 0 atom stereocenters. The van der Waals surface area contributed by atoms with Crippen molar-refractivity contribution in [2.75, 3.05) is 11.9 Å². The number of nitrogens with zero attached hydrogens (tertiary/aromatic N) is 1. The van der Waals surface area contributed by atoms with Crippen LogP contribution in [-0.2, 0) is 11.2 Å². The van der Waals surface area contributed by atoms with Crippen LogP contribution in [0, 0.1) is 0 Å². The Morgan fingerprint density at radius 1 is 1.25 bits per heavy atom. The van der Waals surface area contributed by atoms with Gasteiger partial charge in [-0.05, 0) is 35.6 Å². The van der Waals surface area contributed by atoms with Crippen molar-refractivity contribution >= 4 is 49.8 Å². The lowest BCUT2D eigenvalue weighted by atomic mass is 10.2. The van der Waals surface area contributed by atoms with Gasteiger partial charge in [0.25, 0.3) is 5.91 Å². The number of hydrogen-bond donors (Lipinski definition) is 2. The minimum absolute atomic E-state index is 0.156. The van der Waals surface area contributed by atoms with E-state index < -0.39 is 0 Å². The summed E-state index contributed by atoms with van der Waals surface area (Å²) in [7, 11) is 0. The van der Waals surface area contributed by atoms with E-state index >= 15 is 0 Å². The molecule has 0 aliphatic carbocycles. The monoisotopic (exact) mass is 359 g/mol. The predicted molar refractivity (Wildman–Crippen MR) is 98.9 cm³/mol. The van der Waals surface area contributed by atoms with E-state index in [2.05, 4.69) is 28.6 Å². The number of anilines is 1. The van der Waals surface area contributed by atoms with Crippen molar-refractivity contribution in [2.24, 2.45) is 0 Å². The van der Waals surface area contributed by atoms with Crippen molar-refractivity contribution in [2.45, 2.75) is 19.8 Å². The van der Waals surface area contributed by atoms with Crippen molar-refractivity contribution in [3.63, 3.8) is 0 Å². The van der Waals surface area contributed by atoms with Gasteiger partial charge in [-0.1, -0.05) is 24.3 Å². The zero-order valence-corrected chi connectivity index (χ0v) is 14.8. The second-order valence-electron chi connectivity index (χ2n) is 5.24. The molecule has 0 unspecified atom stereocenters. The predicted octanol–water partition coefficient (Wildman–Crippen LogP) is 3.68. The molecule has 124 valence electrons. The Kier molecular flexibility index (Phi) is 5.22. The van der Waals surface area contributed by atoms with E-state index in [0.717, 1.165) is 16.6 Å². The first-order valence-electron chi connectivity index (χ1n) is 7.65. The van der Waals surface area contributed by atoms with Gasteiger partial charge >= 0.3 is 0 Å². The van der Waals surface area contributed by atoms with E-state index in [0.29, 0.717) is 17.2 Å². The number of nitrogens with one attached hydrogen (secondary N) is 2. The largest absolute Gasteiger partial charge is 0.351 e. The van der Waals surface area contributed by atoms with Crippen molar-refractivity contribution < 1.29 is 9.59 Å². The lowest BCUT2D eigenvalue weighted by Crippen LogP contribution is -2.27. The van der Waals surface area contributed by atoms with Crippen LogP contribution in [0.2, 0.25) is 0 Å². The first kappa shape index (κ1) is 16.6. The molecule has 0 aliphatic heterocycles. The number of carbonyl (C=O) groups is 2. The molecule has 7 heteroatoms. The van der Waals surface area contributed by atoms with Gasteiger partial charge in [0, 0.05) is 23.9 Å². The van der Waals surface area contributed by atoms with Gasteiger partial charge in [0.1, 0.15) is 0 Å². The van der Waals surface area contributed by atoms with Crippen LogP contribution in [0.5, 0.6) is 0 Å². The number of hydrogen-bond acceptors (Lipinski definition) is 5. The van der Waals surface area contributed by atoms with Crippen LogP contribution in [0.25, 0.3) is 10.2 Å². The summed E-state index contributed by atoms with van der Waals surface area (Å²) in [5, 5.41) is 9.74. The Balaban J connectivity index is 1.52. The molecule has 0 aliphatic rings. The smallest absolute Gasteiger partial charge is 0.252 e. The molecule has 0 bridgehead atoms. The summed E-state index contributed by atoms with van der Waals surface area (Å²) >= 11 is 2.93. The molecular formula is C17H17N3O2S2. The van der Waals surface area contributed by atoms with Crippen LogP contribution < -0.4 is 10.6 Å². The molecule has 0 fully saturated rings. The van der Waals surface area contributed by atoms with Gasteiger partial charge in [-0.15, -0.1) is 0 Å². The first-order chi connectivity index (χ1) is 11.7. The summed E-state index contributed by atoms with van der Waals surface area (Å²) in [5.74, 6) is -0.313. The second kappa shape index (κ2) is 7.55. The minimum atomic E-state index is -0.157. The molecule has 1 aromatic carbocycles. The van der Waals surface area contributed by atoms with Crippen LogP contribution in [0.4, 0.5) is 5.13 Å². The normalized spacial score (nSPS) is 10.7. The molecule has 3 rings (SSSR count). The molecule has 0 saturated carbocycles. The summed E-state index contributed by atoms with van der Waals surface area (Å²) in [4.78, 5) is 28.2. The zero-order valence-electron chi connectivity index (χ0n) is 13.2. The second-order valence-corrected chi connectivity index (χ2v) is 7.05. The van der Waals surface area contributed by atoms with E-state index in [9.17, 15) is 9.59 Å². The number of rotatable bonds is 6. The van der Waals surface area contributed by atoms with Crippen molar-refractivity contribution in [1.82, 2.24) is 10.3 Å². The van der Waals surface area contributed by atoms with Crippen molar-refractivity contribution in [3.05, 3.63) is 46.2 Å². The average Bonchev–Trinajstić information content (AvgIpc) is 3.23. The maximum atomic E-state index is 12.0. The maximum absolute atomic E-state index is 12.0. The lowest BCUT2D eigenvalue weighted by molar-refractivity contribution is -0.116. The molecule has 0 radical (unpaired) electrons. The Hall–Kier alpha value is -2.25. The Morgan fingerprint density at radius 2 is 2.12 bits per heavy atom. The fraction of sp³-hybridized carbons (Fsp3) is 0.235. The number of amides is 2. The number of thiazole rings is 1. The van der Waals surface area contributed by atoms with Crippen LogP contribution in [-0.4, -0.2) is 23.3 Å². The SMILES string of the molecule is CCc1ccc2nc(NC(=O)CCNC(=O)c3ccsc3)sc2c1. The number of carbonyl (C=O) groups excluding carboxylic acids is 2. The van der Waals surface area contributed by atoms with Gasteiger partial charge in [-0.3, -0.25) is 9.59 Å². The minimum Gasteiger partial charge on any atom is -0.351 e. The molecule has 5 nitrogen and oxygen atoms in total. The Bertz CT molecular complexity index is 856. The summed E-state index contributed by atoms with van der Waals surface area (Å²) in [6, 6.07) is 7.88. The summed E-state index contributed by atoms with van der Waals surface area (Å²) in [6.07, 6.45) is 1.19. The molecule has 2 aromatic heterocycles. The van der Waals surface area contributed by atoms with Gasteiger partial charge < -0.3 is 10.6 Å². The van der Waals surface area contributed by atoms with Crippen LogP contribution in [0.15, 0.2) is 35.0 Å². The highest BCUT2D eigenvalue weighted by atomic mass is 32.1. The molecule has 2 heterocycles.